The summed E-state index contributed by atoms with van der Waals surface area (Å²) < 4.78 is 5.58. The number of carbonyl (C=O) groups is 1. The van der Waals surface area contributed by atoms with E-state index < -0.39 is 6.10 Å². The number of piperidine rings is 1. The Balaban J connectivity index is 1.49. The average Bonchev–Trinajstić information content (AvgIpc) is 3.15. The number of likely N-dealkylation sites (tertiary alicyclic amines) is 1. The maximum atomic E-state index is 12.4. The lowest BCUT2D eigenvalue weighted by molar-refractivity contribution is -0.142. The maximum Gasteiger partial charge on any atom is 0.254 e. The van der Waals surface area contributed by atoms with Crippen molar-refractivity contribution < 1.29 is 14.6 Å². The van der Waals surface area contributed by atoms with Crippen molar-refractivity contribution in [1.82, 2.24) is 14.9 Å². The number of H-pyrrole nitrogens is 1. The molecule has 6 heteroatoms. The molecule has 0 bridgehead atoms. The van der Waals surface area contributed by atoms with Crippen LogP contribution in [0.4, 0.5) is 0 Å². The highest BCUT2D eigenvalue weighted by Crippen LogP contribution is 2.25. The number of aryl methyl sites for hydroxylation is 1. The number of carbonyl (C=O) groups excluding carboxylic acids is 1. The molecule has 3 rings (SSSR count). The Morgan fingerprint density at radius 1 is 1.42 bits per heavy atom. The average molecular weight is 329 g/mol. The van der Waals surface area contributed by atoms with Crippen molar-refractivity contribution in [2.24, 2.45) is 0 Å². The molecule has 0 saturated carbocycles. The normalized spacial score (nSPS) is 16.8. The fourth-order valence-electron chi connectivity index (χ4n) is 3.04. The first-order chi connectivity index (χ1) is 11.6. The molecular weight excluding hydrogens is 306 g/mol. The van der Waals surface area contributed by atoms with Gasteiger partial charge in [0.05, 0.1) is 0 Å². The quantitative estimate of drug-likeness (QED) is 0.878. The number of rotatable bonds is 5. The fraction of sp³-hybridized carbons (Fsp3) is 0.444. The van der Waals surface area contributed by atoms with Crippen LogP contribution >= 0.6 is 0 Å². The lowest BCUT2D eigenvalue weighted by Gasteiger charge is -2.32. The molecule has 1 aromatic carbocycles. The molecule has 128 valence electrons. The summed E-state index contributed by atoms with van der Waals surface area (Å²) in [6, 6.07) is 7.56. The summed E-state index contributed by atoms with van der Waals surface area (Å²) in [5, 5.41) is 10.1. The minimum Gasteiger partial charge on any atom is -0.490 e. The Bertz CT molecular complexity index is 664. The number of amides is 1. The van der Waals surface area contributed by atoms with Gasteiger partial charge >= 0.3 is 0 Å². The van der Waals surface area contributed by atoms with E-state index in [0.29, 0.717) is 24.8 Å². The van der Waals surface area contributed by atoms with Crippen LogP contribution < -0.4 is 4.74 Å². The molecule has 1 saturated heterocycles. The van der Waals surface area contributed by atoms with Gasteiger partial charge in [0, 0.05) is 31.4 Å². The minimum absolute atomic E-state index is 0.0260. The lowest BCUT2D eigenvalue weighted by atomic mass is 9.96. The number of ether oxygens (including phenoxy) is 1. The Hall–Kier alpha value is -2.34. The van der Waals surface area contributed by atoms with E-state index >= 15 is 0 Å². The largest absolute Gasteiger partial charge is 0.490 e. The van der Waals surface area contributed by atoms with E-state index in [-0.39, 0.29) is 12.5 Å². The molecule has 1 fully saturated rings. The number of hydrogen-bond acceptors (Lipinski definition) is 4. The highest BCUT2D eigenvalue weighted by Gasteiger charge is 2.28. The topological polar surface area (TPSA) is 78.5 Å². The van der Waals surface area contributed by atoms with E-state index in [1.807, 2.05) is 37.4 Å². The molecule has 0 spiro atoms. The summed E-state index contributed by atoms with van der Waals surface area (Å²) in [6.45, 7) is 3.17. The van der Waals surface area contributed by atoms with E-state index in [2.05, 4.69) is 9.97 Å². The van der Waals surface area contributed by atoms with E-state index in [1.165, 1.54) is 0 Å². The molecule has 2 aromatic rings. The van der Waals surface area contributed by atoms with Gasteiger partial charge in [0.25, 0.3) is 5.91 Å². The number of imidazole rings is 1. The lowest BCUT2D eigenvalue weighted by Crippen LogP contribution is -2.45. The van der Waals surface area contributed by atoms with Crippen molar-refractivity contribution in [3.63, 3.8) is 0 Å². The summed E-state index contributed by atoms with van der Waals surface area (Å²) in [5.74, 6) is 1.76. The molecule has 1 aliphatic heterocycles. The predicted molar refractivity (Wildman–Crippen MR) is 89.8 cm³/mol. The molecule has 2 N–H and O–H groups in total. The molecular formula is C18H23N3O3. The molecule has 6 nitrogen and oxygen atoms in total. The zero-order chi connectivity index (χ0) is 16.9. The van der Waals surface area contributed by atoms with Crippen LogP contribution in [0.1, 0.15) is 30.1 Å². The second-order valence-corrected chi connectivity index (χ2v) is 6.17. The number of benzene rings is 1. The van der Waals surface area contributed by atoms with E-state index in [4.69, 9.17) is 4.74 Å². The molecule has 24 heavy (non-hydrogen) atoms. The Morgan fingerprint density at radius 2 is 2.17 bits per heavy atom. The standard InChI is InChI=1S/C18H23N3O3/c1-13-4-2-3-5-16(13)24-12-15(22)18(23)21-10-6-14(7-11-21)17-19-8-9-20-17/h2-5,8-9,14-15,22H,6-7,10-12H2,1H3,(H,19,20). The van der Waals surface area contributed by atoms with E-state index in [0.717, 1.165) is 24.2 Å². The first-order valence-electron chi connectivity index (χ1n) is 8.29. The van der Waals surface area contributed by atoms with Gasteiger partial charge in [0.2, 0.25) is 0 Å². The van der Waals surface area contributed by atoms with Gasteiger partial charge in [0.15, 0.2) is 6.10 Å². The smallest absolute Gasteiger partial charge is 0.254 e. The summed E-state index contributed by atoms with van der Waals surface area (Å²) in [5.41, 5.74) is 0.983. The van der Waals surface area contributed by atoms with Gasteiger partial charge in [-0.3, -0.25) is 4.79 Å². The number of nitrogens with zero attached hydrogens (tertiary/aromatic N) is 2. The van der Waals surface area contributed by atoms with Crippen molar-refractivity contribution in [2.75, 3.05) is 19.7 Å². The van der Waals surface area contributed by atoms with Gasteiger partial charge in [-0.1, -0.05) is 18.2 Å². The maximum absolute atomic E-state index is 12.4. The third kappa shape index (κ3) is 3.76. The fourth-order valence-corrected chi connectivity index (χ4v) is 3.04. The SMILES string of the molecule is Cc1ccccc1OCC(O)C(=O)N1CCC(c2ncc[nH]2)CC1. The van der Waals surface area contributed by atoms with Crippen molar-refractivity contribution in [2.45, 2.75) is 31.8 Å². The predicted octanol–water partition coefficient (Wildman–Crippen LogP) is 1.86. The van der Waals surface area contributed by atoms with Crippen molar-refractivity contribution in [3.05, 3.63) is 48.0 Å². The van der Waals surface area contributed by atoms with Gasteiger partial charge in [-0.25, -0.2) is 4.98 Å². The van der Waals surface area contributed by atoms with Crippen molar-refractivity contribution >= 4 is 5.91 Å². The first-order valence-corrected chi connectivity index (χ1v) is 8.29. The first kappa shape index (κ1) is 16.5. The second-order valence-electron chi connectivity index (χ2n) is 6.17. The zero-order valence-corrected chi connectivity index (χ0v) is 13.8. The highest BCUT2D eigenvalue weighted by atomic mass is 16.5. The van der Waals surface area contributed by atoms with Gasteiger partial charge in [-0.2, -0.15) is 0 Å². The van der Waals surface area contributed by atoms with Crippen LogP contribution in [0, 0.1) is 6.92 Å². The highest BCUT2D eigenvalue weighted by molar-refractivity contribution is 5.81. The second kappa shape index (κ2) is 7.49. The van der Waals surface area contributed by atoms with Crippen LogP contribution in [0.5, 0.6) is 5.75 Å². The zero-order valence-electron chi connectivity index (χ0n) is 13.8. The molecule has 2 heterocycles. The molecule has 1 aromatic heterocycles. The van der Waals surface area contributed by atoms with Crippen molar-refractivity contribution in [1.29, 1.82) is 0 Å². The number of para-hydroxylation sites is 1. The number of aromatic amines is 1. The number of nitrogens with one attached hydrogen (secondary N) is 1. The van der Waals surface area contributed by atoms with Crippen LogP contribution in [0.25, 0.3) is 0 Å². The molecule has 1 atom stereocenters. The summed E-state index contributed by atoms with van der Waals surface area (Å²) in [7, 11) is 0. The molecule has 1 amide bonds. The summed E-state index contributed by atoms with van der Waals surface area (Å²) in [6.07, 6.45) is 4.14. The van der Waals surface area contributed by atoms with Crippen LogP contribution in [-0.2, 0) is 4.79 Å². The van der Waals surface area contributed by atoms with E-state index in [1.54, 1.807) is 11.1 Å². The van der Waals surface area contributed by atoms with Gasteiger partial charge in [0.1, 0.15) is 18.2 Å². The van der Waals surface area contributed by atoms with Crippen LogP contribution in [0.15, 0.2) is 36.7 Å². The van der Waals surface area contributed by atoms with Crippen LogP contribution in [0.3, 0.4) is 0 Å². The molecule has 0 radical (unpaired) electrons. The Labute approximate surface area is 141 Å². The molecule has 1 unspecified atom stereocenters. The molecule has 0 aliphatic carbocycles. The molecule has 1 aliphatic rings. The number of aliphatic hydroxyl groups excluding tert-OH is 1. The third-order valence-electron chi connectivity index (χ3n) is 4.49. The Morgan fingerprint density at radius 3 is 2.83 bits per heavy atom. The summed E-state index contributed by atoms with van der Waals surface area (Å²) in [4.78, 5) is 21.5. The Kier molecular flexibility index (Phi) is 5.15. The van der Waals surface area contributed by atoms with Gasteiger partial charge < -0.3 is 19.7 Å². The van der Waals surface area contributed by atoms with Crippen molar-refractivity contribution in [3.8, 4) is 5.75 Å². The van der Waals surface area contributed by atoms with Crippen LogP contribution in [0.2, 0.25) is 0 Å². The minimum atomic E-state index is -1.13. The third-order valence-corrected chi connectivity index (χ3v) is 4.49. The number of aromatic nitrogens is 2. The van der Waals surface area contributed by atoms with Crippen LogP contribution in [-0.4, -0.2) is 51.7 Å². The summed E-state index contributed by atoms with van der Waals surface area (Å²) >= 11 is 0. The number of aliphatic hydroxyl groups is 1. The van der Waals surface area contributed by atoms with E-state index in [9.17, 15) is 9.90 Å². The monoisotopic (exact) mass is 329 g/mol. The number of hydrogen-bond donors (Lipinski definition) is 2. The van der Waals surface area contributed by atoms with Gasteiger partial charge in [-0.15, -0.1) is 0 Å². The van der Waals surface area contributed by atoms with Gasteiger partial charge in [-0.05, 0) is 31.4 Å².